The average Bonchev–Trinajstić information content (AvgIpc) is 3.26. The van der Waals surface area contributed by atoms with E-state index in [1.807, 2.05) is 37.3 Å². The third-order valence-electron chi connectivity index (χ3n) is 4.38. The molecule has 1 aromatic heterocycles. The van der Waals surface area contributed by atoms with E-state index in [4.69, 9.17) is 10.00 Å². The summed E-state index contributed by atoms with van der Waals surface area (Å²) in [5, 5.41) is 12.9. The molecule has 0 aliphatic carbocycles. The molecule has 0 spiro atoms. The molecule has 7 nitrogen and oxygen atoms in total. The van der Waals surface area contributed by atoms with Gasteiger partial charge in [-0.2, -0.15) is 10.4 Å². The van der Waals surface area contributed by atoms with E-state index in [-0.39, 0.29) is 18.6 Å². The van der Waals surface area contributed by atoms with Gasteiger partial charge in [0.15, 0.2) is 6.61 Å². The number of nitrogens with zero attached hydrogens (tertiary/aromatic N) is 5. The second-order valence-corrected chi connectivity index (χ2v) is 6.04. The molecule has 27 heavy (non-hydrogen) atoms. The molecule has 3 rings (SSSR count). The van der Waals surface area contributed by atoms with E-state index in [2.05, 4.69) is 10.1 Å². The van der Waals surface area contributed by atoms with Gasteiger partial charge < -0.3 is 9.64 Å². The van der Waals surface area contributed by atoms with Crippen molar-refractivity contribution in [3.8, 4) is 17.5 Å². The molecule has 0 saturated carbocycles. The van der Waals surface area contributed by atoms with Crippen molar-refractivity contribution in [2.24, 2.45) is 0 Å². The van der Waals surface area contributed by atoms with Gasteiger partial charge in [-0.25, -0.2) is 9.67 Å². The minimum Gasteiger partial charge on any atom is -0.484 e. The standard InChI is InChI=1S/C20H19N5O2/c1-15(17-5-7-18(8-6-17)25-14-22-13-23-25)24(2)20(26)12-27-19-9-3-16(11-21)4-10-19/h3-10,13-15H,12H2,1-2H3. The molecule has 3 aromatic rings. The molecular formula is C20H19N5O2. The monoisotopic (exact) mass is 361 g/mol. The second kappa shape index (κ2) is 8.15. The maximum Gasteiger partial charge on any atom is 0.260 e. The summed E-state index contributed by atoms with van der Waals surface area (Å²) in [5.41, 5.74) is 2.46. The van der Waals surface area contributed by atoms with Crippen LogP contribution in [0.1, 0.15) is 24.1 Å². The first-order chi connectivity index (χ1) is 13.1. The fourth-order valence-corrected chi connectivity index (χ4v) is 2.56. The van der Waals surface area contributed by atoms with Crippen molar-refractivity contribution in [3.05, 3.63) is 72.3 Å². The number of benzene rings is 2. The SMILES string of the molecule is CC(c1ccc(-n2cncn2)cc1)N(C)C(=O)COc1ccc(C#N)cc1. The Morgan fingerprint density at radius 2 is 1.93 bits per heavy atom. The predicted molar refractivity (Wildman–Crippen MR) is 99.2 cm³/mol. The van der Waals surface area contributed by atoms with Crippen LogP contribution in [0, 0.1) is 11.3 Å². The number of hydrogen-bond donors (Lipinski definition) is 0. The minimum atomic E-state index is -0.132. The fraction of sp³-hybridized carbons (Fsp3) is 0.200. The van der Waals surface area contributed by atoms with Gasteiger partial charge in [0.1, 0.15) is 18.4 Å². The van der Waals surface area contributed by atoms with Crippen molar-refractivity contribution in [2.75, 3.05) is 13.7 Å². The molecule has 1 atom stereocenters. The number of aromatic nitrogens is 3. The molecule has 1 unspecified atom stereocenters. The highest BCUT2D eigenvalue weighted by Gasteiger charge is 2.18. The Morgan fingerprint density at radius 1 is 1.22 bits per heavy atom. The van der Waals surface area contributed by atoms with Gasteiger partial charge in [0.2, 0.25) is 0 Å². The largest absolute Gasteiger partial charge is 0.484 e. The molecule has 0 aliphatic heterocycles. The smallest absolute Gasteiger partial charge is 0.260 e. The van der Waals surface area contributed by atoms with Crippen LogP contribution in [0.25, 0.3) is 5.69 Å². The zero-order chi connectivity index (χ0) is 19.2. The molecule has 136 valence electrons. The number of nitriles is 1. The summed E-state index contributed by atoms with van der Waals surface area (Å²) in [6.07, 6.45) is 3.12. The number of carbonyl (C=O) groups is 1. The van der Waals surface area contributed by atoms with E-state index in [1.165, 1.54) is 6.33 Å². The Hall–Kier alpha value is -3.66. The molecule has 0 fully saturated rings. The van der Waals surface area contributed by atoms with E-state index in [0.29, 0.717) is 11.3 Å². The van der Waals surface area contributed by atoms with Crippen LogP contribution in [-0.4, -0.2) is 39.2 Å². The van der Waals surface area contributed by atoms with Crippen molar-refractivity contribution < 1.29 is 9.53 Å². The molecule has 0 N–H and O–H groups in total. The van der Waals surface area contributed by atoms with E-state index >= 15 is 0 Å². The summed E-state index contributed by atoms with van der Waals surface area (Å²) in [6.45, 7) is 1.90. The van der Waals surface area contributed by atoms with E-state index in [1.54, 1.807) is 47.2 Å². The molecule has 7 heteroatoms. The maximum atomic E-state index is 12.4. The highest BCUT2D eigenvalue weighted by atomic mass is 16.5. The van der Waals surface area contributed by atoms with Crippen molar-refractivity contribution in [1.29, 1.82) is 5.26 Å². The lowest BCUT2D eigenvalue weighted by Gasteiger charge is -2.25. The number of rotatable bonds is 6. The molecule has 0 saturated heterocycles. The summed E-state index contributed by atoms with van der Waals surface area (Å²) in [7, 11) is 1.75. The zero-order valence-electron chi connectivity index (χ0n) is 15.1. The first-order valence-electron chi connectivity index (χ1n) is 8.42. The maximum absolute atomic E-state index is 12.4. The van der Waals surface area contributed by atoms with E-state index in [9.17, 15) is 4.79 Å². The van der Waals surface area contributed by atoms with Gasteiger partial charge in [0.05, 0.1) is 23.4 Å². The van der Waals surface area contributed by atoms with Gasteiger partial charge in [0, 0.05) is 7.05 Å². The van der Waals surface area contributed by atoms with Gasteiger partial charge >= 0.3 is 0 Å². The van der Waals surface area contributed by atoms with E-state index < -0.39 is 0 Å². The van der Waals surface area contributed by atoms with Gasteiger partial charge in [-0.3, -0.25) is 4.79 Å². The average molecular weight is 361 g/mol. The number of likely N-dealkylation sites (N-methyl/N-ethyl adjacent to an activating group) is 1. The zero-order valence-corrected chi connectivity index (χ0v) is 15.1. The minimum absolute atomic E-state index is 0.0657. The van der Waals surface area contributed by atoms with Crippen molar-refractivity contribution in [2.45, 2.75) is 13.0 Å². The van der Waals surface area contributed by atoms with Crippen LogP contribution in [0.3, 0.4) is 0 Å². The molecule has 1 heterocycles. The number of hydrogen-bond acceptors (Lipinski definition) is 5. The van der Waals surface area contributed by atoms with Crippen LogP contribution in [0.5, 0.6) is 5.75 Å². The van der Waals surface area contributed by atoms with Crippen molar-refractivity contribution in [1.82, 2.24) is 19.7 Å². The van der Waals surface area contributed by atoms with Crippen LogP contribution in [0.15, 0.2) is 61.2 Å². The Kier molecular flexibility index (Phi) is 5.47. The molecule has 1 amide bonds. The van der Waals surface area contributed by atoms with Crippen LogP contribution in [0.4, 0.5) is 0 Å². The lowest BCUT2D eigenvalue weighted by atomic mass is 10.1. The molecular weight excluding hydrogens is 342 g/mol. The number of amides is 1. The van der Waals surface area contributed by atoms with E-state index in [0.717, 1.165) is 11.3 Å². The Morgan fingerprint density at radius 3 is 2.52 bits per heavy atom. The summed E-state index contributed by atoms with van der Waals surface area (Å²) < 4.78 is 7.20. The van der Waals surface area contributed by atoms with Gasteiger partial charge in [-0.1, -0.05) is 12.1 Å². The normalized spacial score (nSPS) is 11.4. The molecule has 0 bridgehead atoms. The van der Waals surface area contributed by atoms with Gasteiger partial charge in [-0.15, -0.1) is 0 Å². The molecule has 0 radical (unpaired) electrons. The predicted octanol–water partition coefficient (Wildman–Crippen LogP) is 2.74. The Bertz CT molecular complexity index is 928. The number of ether oxygens (including phenoxy) is 1. The topological polar surface area (TPSA) is 84.0 Å². The lowest BCUT2D eigenvalue weighted by Crippen LogP contribution is -2.33. The van der Waals surface area contributed by atoms with Crippen molar-refractivity contribution in [3.63, 3.8) is 0 Å². The van der Waals surface area contributed by atoms with Crippen LogP contribution in [-0.2, 0) is 4.79 Å². The van der Waals surface area contributed by atoms with Crippen molar-refractivity contribution >= 4 is 5.91 Å². The Labute approximate surface area is 157 Å². The first-order valence-corrected chi connectivity index (χ1v) is 8.42. The summed E-state index contributed by atoms with van der Waals surface area (Å²) >= 11 is 0. The van der Waals surface area contributed by atoms with Gasteiger partial charge in [0.25, 0.3) is 5.91 Å². The highest BCUT2D eigenvalue weighted by Crippen LogP contribution is 2.21. The third-order valence-corrected chi connectivity index (χ3v) is 4.38. The van der Waals surface area contributed by atoms with Crippen LogP contribution in [0.2, 0.25) is 0 Å². The Balaban J connectivity index is 1.59. The molecule has 0 aliphatic rings. The first kappa shape index (κ1) is 18.1. The molecule has 2 aromatic carbocycles. The third kappa shape index (κ3) is 4.30. The second-order valence-electron chi connectivity index (χ2n) is 6.04. The number of carbonyl (C=O) groups excluding carboxylic acids is 1. The summed E-state index contributed by atoms with van der Waals surface area (Å²) in [5.74, 6) is 0.424. The lowest BCUT2D eigenvalue weighted by molar-refractivity contribution is -0.134. The van der Waals surface area contributed by atoms with Crippen LogP contribution < -0.4 is 4.74 Å². The van der Waals surface area contributed by atoms with Crippen LogP contribution >= 0.6 is 0 Å². The summed E-state index contributed by atoms with van der Waals surface area (Å²) in [4.78, 5) is 18.0. The van der Waals surface area contributed by atoms with Gasteiger partial charge in [-0.05, 0) is 48.9 Å². The summed E-state index contributed by atoms with van der Waals surface area (Å²) in [6, 6.07) is 16.4. The quantitative estimate of drug-likeness (QED) is 0.674. The fourth-order valence-electron chi connectivity index (χ4n) is 2.56. The highest BCUT2D eigenvalue weighted by molar-refractivity contribution is 5.78.